The van der Waals surface area contributed by atoms with Gasteiger partial charge in [0, 0.05) is 17.1 Å². The minimum absolute atomic E-state index is 0.653. The fourth-order valence-electron chi connectivity index (χ4n) is 5.70. The zero-order chi connectivity index (χ0) is 25.6. The Balaban J connectivity index is 1.39. The molecule has 178 valence electrons. The SMILES string of the molecule is Cc1ccc(N(c2ccc(C#N)cc2)c2cccc(-c3ccc4c5c(cccc35)-c3ccccc3-4)c2)cc1. The molecule has 2 heteroatoms. The number of hydrogen-bond donors (Lipinski definition) is 0. The van der Waals surface area contributed by atoms with E-state index in [1.807, 2.05) is 24.3 Å². The summed E-state index contributed by atoms with van der Waals surface area (Å²) in [6.07, 6.45) is 0. The molecule has 38 heavy (non-hydrogen) atoms. The second-order valence-electron chi connectivity index (χ2n) is 9.81. The summed E-state index contributed by atoms with van der Waals surface area (Å²) in [6.45, 7) is 2.10. The number of nitriles is 1. The van der Waals surface area contributed by atoms with Crippen LogP contribution in [0, 0.1) is 18.3 Å². The Morgan fingerprint density at radius 2 is 1.13 bits per heavy atom. The van der Waals surface area contributed by atoms with Gasteiger partial charge in [0.15, 0.2) is 0 Å². The number of aryl methyl sites for hydroxylation is 1. The van der Waals surface area contributed by atoms with E-state index in [1.54, 1.807) is 0 Å². The first-order valence-electron chi connectivity index (χ1n) is 12.8. The normalized spacial score (nSPS) is 11.3. The highest BCUT2D eigenvalue weighted by Gasteiger charge is 2.22. The molecule has 7 rings (SSSR count). The largest absolute Gasteiger partial charge is 0.310 e. The summed E-state index contributed by atoms with van der Waals surface area (Å²) in [7, 11) is 0. The average Bonchev–Trinajstić information content (AvgIpc) is 3.30. The molecular formula is C36H24N2. The van der Waals surface area contributed by atoms with Crippen molar-refractivity contribution >= 4 is 27.8 Å². The first-order valence-corrected chi connectivity index (χ1v) is 12.8. The Morgan fingerprint density at radius 3 is 1.84 bits per heavy atom. The molecule has 0 aromatic heterocycles. The third-order valence-corrected chi connectivity index (χ3v) is 7.51. The van der Waals surface area contributed by atoms with Crippen molar-refractivity contribution in [3.63, 3.8) is 0 Å². The summed E-state index contributed by atoms with van der Waals surface area (Å²) in [5.74, 6) is 0. The van der Waals surface area contributed by atoms with E-state index in [-0.39, 0.29) is 0 Å². The van der Waals surface area contributed by atoms with E-state index in [9.17, 15) is 5.26 Å². The van der Waals surface area contributed by atoms with E-state index >= 15 is 0 Å². The first-order chi connectivity index (χ1) is 18.7. The average molecular weight is 485 g/mol. The molecule has 0 spiro atoms. The fourth-order valence-corrected chi connectivity index (χ4v) is 5.70. The van der Waals surface area contributed by atoms with E-state index in [0.29, 0.717) is 5.56 Å². The standard InChI is InChI=1S/C36H24N2/c1-24-12-16-27(17-13-24)38(28-18-14-25(23-37)15-19-28)29-7-4-6-26(22-29)30-20-21-35-32-9-3-2-8-31(32)34-11-5-10-33(30)36(34)35/h2-22H,1H3. The van der Waals surface area contributed by atoms with Gasteiger partial charge in [-0.25, -0.2) is 0 Å². The van der Waals surface area contributed by atoms with Crippen LogP contribution in [0.2, 0.25) is 0 Å². The van der Waals surface area contributed by atoms with Gasteiger partial charge in [-0.15, -0.1) is 0 Å². The number of rotatable bonds is 4. The summed E-state index contributed by atoms with van der Waals surface area (Å²) in [5.41, 5.74) is 12.7. The van der Waals surface area contributed by atoms with Crippen LogP contribution < -0.4 is 4.90 Å². The predicted octanol–water partition coefficient (Wildman–Crippen LogP) is 9.80. The number of fused-ring (bicyclic) bond motifs is 3. The maximum atomic E-state index is 9.32. The van der Waals surface area contributed by atoms with Crippen molar-refractivity contribution in [2.45, 2.75) is 6.92 Å². The monoisotopic (exact) mass is 484 g/mol. The van der Waals surface area contributed by atoms with E-state index in [4.69, 9.17) is 0 Å². The highest BCUT2D eigenvalue weighted by molar-refractivity contribution is 6.18. The van der Waals surface area contributed by atoms with E-state index in [0.717, 1.165) is 17.1 Å². The third-order valence-electron chi connectivity index (χ3n) is 7.51. The topological polar surface area (TPSA) is 27.0 Å². The zero-order valence-corrected chi connectivity index (χ0v) is 21.0. The summed E-state index contributed by atoms with van der Waals surface area (Å²) in [6, 6.07) is 47.2. The van der Waals surface area contributed by atoms with Crippen LogP contribution in [0.3, 0.4) is 0 Å². The van der Waals surface area contributed by atoms with Gasteiger partial charge in [-0.3, -0.25) is 0 Å². The molecule has 0 aliphatic heterocycles. The van der Waals surface area contributed by atoms with Crippen LogP contribution >= 0.6 is 0 Å². The van der Waals surface area contributed by atoms with Crippen LogP contribution in [0.25, 0.3) is 44.2 Å². The molecule has 2 nitrogen and oxygen atoms in total. The van der Waals surface area contributed by atoms with E-state index in [2.05, 4.69) is 121 Å². The van der Waals surface area contributed by atoms with Crippen molar-refractivity contribution in [2.75, 3.05) is 4.90 Å². The van der Waals surface area contributed by atoms with Gasteiger partial charge in [0.25, 0.3) is 0 Å². The Kier molecular flexibility index (Phi) is 5.10. The summed E-state index contributed by atoms with van der Waals surface area (Å²) >= 11 is 0. The van der Waals surface area contributed by atoms with Crippen molar-refractivity contribution in [1.29, 1.82) is 5.26 Å². The van der Waals surface area contributed by atoms with Crippen molar-refractivity contribution in [3.05, 3.63) is 139 Å². The fraction of sp³-hybridized carbons (Fsp3) is 0.0278. The van der Waals surface area contributed by atoms with Crippen molar-refractivity contribution in [2.24, 2.45) is 0 Å². The molecule has 0 amide bonds. The molecule has 0 heterocycles. The minimum atomic E-state index is 0.653. The first kappa shape index (κ1) is 22.1. The Hall–Kier alpha value is -5.13. The van der Waals surface area contributed by atoms with Gasteiger partial charge in [0.1, 0.15) is 0 Å². The maximum absolute atomic E-state index is 9.32. The molecule has 0 saturated carbocycles. The Bertz CT molecular complexity index is 1840. The molecule has 0 fully saturated rings. The highest BCUT2D eigenvalue weighted by Crippen LogP contribution is 2.49. The molecule has 0 atom stereocenters. The quantitative estimate of drug-likeness (QED) is 0.249. The molecule has 6 aromatic rings. The van der Waals surface area contributed by atoms with Gasteiger partial charge < -0.3 is 4.90 Å². The summed E-state index contributed by atoms with van der Waals surface area (Å²) < 4.78 is 0. The predicted molar refractivity (Wildman–Crippen MR) is 158 cm³/mol. The Morgan fingerprint density at radius 1 is 0.526 bits per heavy atom. The van der Waals surface area contributed by atoms with Gasteiger partial charge in [0.2, 0.25) is 0 Å². The minimum Gasteiger partial charge on any atom is -0.310 e. The van der Waals surface area contributed by atoms with Crippen LogP contribution in [0.1, 0.15) is 11.1 Å². The highest BCUT2D eigenvalue weighted by atomic mass is 15.1. The smallest absolute Gasteiger partial charge is 0.0991 e. The lowest BCUT2D eigenvalue weighted by atomic mass is 9.94. The van der Waals surface area contributed by atoms with Gasteiger partial charge >= 0.3 is 0 Å². The number of benzene rings is 6. The number of hydrogen-bond acceptors (Lipinski definition) is 2. The van der Waals surface area contributed by atoms with Crippen molar-refractivity contribution < 1.29 is 0 Å². The molecule has 6 aromatic carbocycles. The van der Waals surface area contributed by atoms with Crippen molar-refractivity contribution in [3.8, 4) is 39.4 Å². The lowest BCUT2D eigenvalue weighted by Crippen LogP contribution is -2.10. The molecular weight excluding hydrogens is 460 g/mol. The second-order valence-corrected chi connectivity index (χ2v) is 9.81. The molecule has 0 radical (unpaired) electrons. The number of nitrogens with zero attached hydrogens (tertiary/aromatic N) is 2. The summed E-state index contributed by atoms with van der Waals surface area (Å²) in [5, 5.41) is 11.9. The molecule has 0 N–H and O–H groups in total. The van der Waals surface area contributed by atoms with Crippen LogP contribution in [0.5, 0.6) is 0 Å². The van der Waals surface area contributed by atoms with E-state index < -0.39 is 0 Å². The lowest BCUT2D eigenvalue weighted by Gasteiger charge is -2.26. The summed E-state index contributed by atoms with van der Waals surface area (Å²) in [4.78, 5) is 2.25. The third kappa shape index (κ3) is 3.49. The van der Waals surface area contributed by atoms with Gasteiger partial charge in [-0.2, -0.15) is 5.26 Å². The Labute approximate surface area is 222 Å². The zero-order valence-electron chi connectivity index (χ0n) is 21.0. The van der Waals surface area contributed by atoms with Crippen LogP contribution in [0.4, 0.5) is 17.1 Å². The molecule has 0 bridgehead atoms. The molecule has 1 aliphatic rings. The molecule has 1 aliphatic carbocycles. The van der Waals surface area contributed by atoms with Gasteiger partial charge in [-0.1, -0.05) is 84.4 Å². The van der Waals surface area contributed by atoms with Crippen LogP contribution in [-0.2, 0) is 0 Å². The molecule has 0 unspecified atom stereocenters. The van der Waals surface area contributed by atoms with Crippen molar-refractivity contribution in [1.82, 2.24) is 0 Å². The van der Waals surface area contributed by atoms with Crippen LogP contribution in [-0.4, -0.2) is 0 Å². The lowest BCUT2D eigenvalue weighted by molar-refractivity contribution is 1.27. The molecule has 0 saturated heterocycles. The number of anilines is 3. The van der Waals surface area contributed by atoms with E-state index in [1.165, 1.54) is 49.7 Å². The van der Waals surface area contributed by atoms with Gasteiger partial charge in [-0.05, 0) is 99.6 Å². The second kappa shape index (κ2) is 8.76. The van der Waals surface area contributed by atoms with Crippen LogP contribution in [0.15, 0.2) is 127 Å². The van der Waals surface area contributed by atoms with Gasteiger partial charge in [0.05, 0.1) is 11.6 Å². The maximum Gasteiger partial charge on any atom is 0.0991 e.